The Balaban J connectivity index is 2.28. The van der Waals surface area contributed by atoms with Crippen molar-refractivity contribution in [1.29, 1.82) is 5.26 Å². The first-order valence-electron chi connectivity index (χ1n) is 5.64. The summed E-state index contributed by atoms with van der Waals surface area (Å²) in [6, 6.07) is 13.7. The van der Waals surface area contributed by atoms with Crippen molar-refractivity contribution in [2.24, 2.45) is 0 Å². The molecule has 0 saturated heterocycles. The summed E-state index contributed by atoms with van der Waals surface area (Å²) < 4.78 is 34.1. The molecule has 2 rings (SSSR count). The molecule has 0 atom stereocenters. The van der Waals surface area contributed by atoms with Gasteiger partial charge in [-0.05, 0) is 42.5 Å². The summed E-state index contributed by atoms with van der Waals surface area (Å²) in [5.74, 6) is 0.773. The topological polar surface area (TPSA) is 76.4 Å². The summed E-state index contributed by atoms with van der Waals surface area (Å²) in [7, 11) is -2.44. The molecule has 2 aromatic rings. The number of rotatable bonds is 4. The molecule has 6 heteroatoms. The van der Waals surface area contributed by atoms with E-state index in [-0.39, 0.29) is 16.2 Å². The number of benzene rings is 2. The van der Waals surface area contributed by atoms with Crippen LogP contribution in [0.2, 0.25) is 0 Å². The van der Waals surface area contributed by atoms with Gasteiger partial charge in [0.2, 0.25) is 0 Å². The first-order valence-corrected chi connectivity index (χ1v) is 7.05. The maximum absolute atomic E-state index is 12.1. The van der Waals surface area contributed by atoms with E-state index in [1.165, 1.54) is 43.5 Å². The lowest BCUT2D eigenvalue weighted by molar-refractivity contribution is 0.413. The van der Waals surface area contributed by atoms with Crippen molar-refractivity contribution in [3.05, 3.63) is 54.1 Å². The summed E-state index contributed by atoms with van der Waals surface area (Å²) in [6.45, 7) is 0. The Labute approximate surface area is 117 Å². The highest BCUT2D eigenvalue weighted by molar-refractivity contribution is 7.87. The minimum absolute atomic E-state index is 0.0626. The van der Waals surface area contributed by atoms with Crippen LogP contribution < -0.4 is 8.92 Å². The number of hydrogen-bond acceptors (Lipinski definition) is 5. The monoisotopic (exact) mass is 289 g/mol. The molecule has 0 radical (unpaired) electrons. The lowest BCUT2D eigenvalue weighted by Gasteiger charge is -2.07. The van der Waals surface area contributed by atoms with E-state index < -0.39 is 10.1 Å². The van der Waals surface area contributed by atoms with Crippen LogP contribution in [0, 0.1) is 11.3 Å². The highest BCUT2D eigenvalue weighted by Gasteiger charge is 2.17. The fourth-order valence-corrected chi connectivity index (χ4v) is 2.50. The largest absolute Gasteiger partial charge is 0.497 e. The van der Waals surface area contributed by atoms with Crippen molar-refractivity contribution in [3.8, 4) is 17.6 Å². The number of nitriles is 1. The molecule has 102 valence electrons. The summed E-state index contributed by atoms with van der Waals surface area (Å²) in [5, 5.41) is 8.78. The van der Waals surface area contributed by atoms with Gasteiger partial charge in [-0.2, -0.15) is 13.7 Å². The molecule has 0 unspecified atom stereocenters. The molecule has 0 aliphatic heterocycles. The average molecular weight is 289 g/mol. The van der Waals surface area contributed by atoms with Gasteiger partial charge >= 0.3 is 10.1 Å². The lowest BCUT2D eigenvalue weighted by Crippen LogP contribution is -2.09. The quantitative estimate of drug-likeness (QED) is 0.807. The highest BCUT2D eigenvalue weighted by Crippen LogP contribution is 2.22. The van der Waals surface area contributed by atoms with E-state index >= 15 is 0 Å². The molecule has 0 saturated carbocycles. The zero-order valence-electron chi connectivity index (χ0n) is 10.6. The van der Waals surface area contributed by atoms with Crippen LogP contribution in [0.3, 0.4) is 0 Å². The Morgan fingerprint density at radius 1 is 1.05 bits per heavy atom. The fourth-order valence-electron chi connectivity index (χ4n) is 1.53. The Morgan fingerprint density at radius 2 is 1.70 bits per heavy atom. The van der Waals surface area contributed by atoms with E-state index in [4.69, 9.17) is 14.2 Å². The smallest absolute Gasteiger partial charge is 0.339 e. The normalized spacial score (nSPS) is 10.6. The van der Waals surface area contributed by atoms with Gasteiger partial charge in [-0.3, -0.25) is 0 Å². The average Bonchev–Trinajstić information content (AvgIpc) is 2.48. The summed E-state index contributed by atoms with van der Waals surface area (Å²) in [4.78, 5) is -0.0626. The van der Waals surface area contributed by atoms with Gasteiger partial charge < -0.3 is 8.92 Å². The van der Waals surface area contributed by atoms with E-state index in [1.807, 2.05) is 6.07 Å². The second-order valence-electron chi connectivity index (χ2n) is 3.85. The molecular weight excluding hydrogens is 278 g/mol. The second-order valence-corrected chi connectivity index (χ2v) is 5.40. The number of ether oxygens (including phenoxy) is 1. The summed E-state index contributed by atoms with van der Waals surface area (Å²) >= 11 is 0. The molecule has 0 N–H and O–H groups in total. The Kier molecular flexibility index (Phi) is 3.91. The fraction of sp³-hybridized carbons (Fsp3) is 0.0714. The maximum atomic E-state index is 12.1. The van der Waals surface area contributed by atoms with Crippen LogP contribution in [0.4, 0.5) is 0 Å². The van der Waals surface area contributed by atoms with Crippen molar-refractivity contribution in [2.75, 3.05) is 7.11 Å². The zero-order chi connectivity index (χ0) is 14.6. The van der Waals surface area contributed by atoms with Crippen molar-refractivity contribution >= 4 is 10.1 Å². The number of nitrogens with zero attached hydrogens (tertiary/aromatic N) is 1. The van der Waals surface area contributed by atoms with Gasteiger partial charge in [-0.1, -0.05) is 6.07 Å². The van der Waals surface area contributed by atoms with Gasteiger partial charge in [0.05, 0.1) is 18.7 Å². The van der Waals surface area contributed by atoms with Gasteiger partial charge in [0.15, 0.2) is 0 Å². The molecule has 0 fully saturated rings. The van der Waals surface area contributed by atoms with Gasteiger partial charge in [-0.15, -0.1) is 0 Å². The predicted molar refractivity (Wildman–Crippen MR) is 72.0 cm³/mol. The van der Waals surface area contributed by atoms with Crippen molar-refractivity contribution in [1.82, 2.24) is 0 Å². The van der Waals surface area contributed by atoms with E-state index in [9.17, 15) is 8.42 Å². The molecule has 0 aliphatic carbocycles. The first-order chi connectivity index (χ1) is 9.55. The van der Waals surface area contributed by atoms with Crippen LogP contribution >= 0.6 is 0 Å². The third-order valence-electron chi connectivity index (χ3n) is 2.52. The first kappa shape index (κ1) is 13.9. The molecule has 0 heterocycles. The van der Waals surface area contributed by atoms with E-state index in [2.05, 4.69) is 0 Å². The standard InChI is InChI=1S/C14H11NO4S/c1-18-12-5-7-13(8-6-12)19-20(16,17)14-4-2-3-11(9-14)10-15/h2-9H,1H3. The molecule has 0 aromatic heterocycles. The van der Waals surface area contributed by atoms with E-state index in [0.717, 1.165) is 0 Å². The van der Waals surface area contributed by atoms with Gasteiger partial charge in [0, 0.05) is 0 Å². The van der Waals surface area contributed by atoms with Gasteiger partial charge in [0.1, 0.15) is 16.4 Å². The van der Waals surface area contributed by atoms with Crippen LogP contribution in [0.15, 0.2) is 53.4 Å². The molecule has 0 amide bonds. The van der Waals surface area contributed by atoms with Crippen LogP contribution in [0.25, 0.3) is 0 Å². The molecule has 5 nitrogen and oxygen atoms in total. The molecule has 0 spiro atoms. The Morgan fingerprint density at radius 3 is 2.30 bits per heavy atom. The predicted octanol–water partition coefficient (Wildman–Crippen LogP) is 2.33. The summed E-state index contributed by atoms with van der Waals surface area (Å²) in [5.41, 5.74) is 0.254. The third kappa shape index (κ3) is 3.08. The number of hydrogen-bond donors (Lipinski definition) is 0. The second kappa shape index (κ2) is 5.63. The molecular formula is C14H11NO4S. The van der Waals surface area contributed by atoms with Gasteiger partial charge in [0.25, 0.3) is 0 Å². The maximum Gasteiger partial charge on any atom is 0.339 e. The Bertz CT molecular complexity index is 745. The lowest BCUT2D eigenvalue weighted by atomic mass is 10.2. The van der Waals surface area contributed by atoms with Crippen LogP contribution in [-0.2, 0) is 10.1 Å². The molecule has 0 aliphatic rings. The van der Waals surface area contributed by atoms with Crippen LogP contribution in [0.5, 0.6) is 11.5 Å². The minimum Gasteiger partial charge on any atom is -0.497 e. The number of methoxy groups -OCH3 is 1. The van der Waals surface area contributed by atoms with Gasteiger partial charge in [-0.25, -0.2) is 0 Å². The zero-order valence-corrected chi connectivity index (χ0v) is 11.4. The van der Waals surface area contributed by atoms with Crippen molar-refractivity contribution in [3.63, 3.8) is 0 Å². The third-order valence-corrected chi connectivity index (χ3v) is 3.76. The summed E-state index contributed by atoms with van der Waals surface area (Å²) in [6.07, 6.45) is 0. The molecule has 0 bridgehead atoms. The van der Waals surface area contributed by atoms with Crippen molar-refractivity contribution in [2.45, 2.75) is 4.90 Å². The molecule has 20 heavy (non-hydrogen) atoms. The minimum atomic E-state index is -3.96. The van der Waals surface area contributed by atoms with E-state index in [1.54, 1.807) is 12.1 Å². The van der Waals surface area contributed by atoms with Crippen LogP contribution in [-0.4, -0.2) is 15.5 Å². The van der Waals surface area contributed by atoms with E-state index in [0.29, 0.717) is 5.75 Å². The SMILES string of the molecule is COc1ccc(OS(=O)(=O)c2cccc(C#N)c2)cc1. The van der Waals surface area contributed by atoms with Crippen LogP contribution in [0.1, 0.15) is 5.56 Å². The highest BCUT2D eigenvalue weighted by atomic mass is 32.2. The van der Waals surface area contributed by atoms with Crippen molar-refractivity contribution < 1.29 is 17.3 Å². The Hall–Kier alpha value is -2.52. The molecule has 2 aromatic carbocycles.